The van der Waals surface area contributed by atoms with Gasteiger partial charge in [0.2, 0.25) is 0 Å². The molecule has 0 bridgehead atoms. The number of hydrogen-bond acceptors (Lipinski definition) is 1. The highest BCUT2D eigenvalue weighted by Crippen LogP contribution is 2.24. The number of nitrogens with zero attached hydrogens (tertiary/aromatic N) is 2. The van der Waals surface area contributed by atoms with Crippen LogP contribution in [0.2, 0.25) is 0 Å². The van der Waals surface area contributed by atoms with Crippen LogP contribution in [0.1, 0.15) is 19.0 Å². The monoisotopic (exact) mass is 262 g/mol. The fraction of sp³-hybridized carbons (Fsp3) is 0.167. The first-order chi connectivity index (χ1) is 9.90. The van der Waals surface area contributed by atoms with Crippen molar-refractivity contribution in [3.63, 3.8) is 0 Å². The van der Waals surface area contributed by atoms with Crippen molar-refractivity contribution >= 4 is 0 Å². The van der Waals surface area contributed by atoms with Gasteiger partial charge in [0.25, 0.3) is 0 Å². The van der Waals surface area contributed by atoms with Gasteiger partial charge < -0.3 is 0 Å². The molecule has 0 fully saturated rings. The summed E-state index contributed by atoms with van der Waals surface area (Å²) in [7, 11) is 0. The van der Waals surface area contributed by atoms with Crippen molar-refractivity contribution < 1.29 is 0 Å². The van der Waals surface area contributed by atoms with Crippen LogP contribution in [-0.4, -0.2) is 9.55 Å². The number of para-hydroxylation sites is 1. The summed E-state index contributed by atoms with van der Waals surface area (Å²) >= 11 is 0. The van der Waals surface area contributed by atoms with Gasteiger partial charge in [0.15, 0.2) is 0 Å². The Bertz CT molecular complexity index is 669. The Morgan fingerprint density at radius 2 is 1.55 bits per heavy atom. The summed E-state index contributed by atoms with van der Waals surface area (Å²) in [5, 5.41) is 0. The lowest BCUT2D eigenvalue weighted by Gasteiger charge is -2.11. The van der Waals surface area contributed by atoms with Crippen LogP contribution < -0.4 is 0 Å². The van der Waals surface area contributed by atoms with E-state index in [1.165, 1.54) is 11.4 Å². The molecule has 0 atom stereocenters. The summed E-state index contributed by atoms with van der Waals surface area (Å²) in [6.45, 7) is 2.20. The Kier molecular flexibility index (Phi) is 3.64. The Balaban J connectivity index is 2.17. The highest BCUT2D eigenvalue weighted by atomic mass is 15.1. The predicted octanol–water partition coefficient (Wildman–Crippen LogP) is 4.49. The van der Waals surface area contributed by atoms with Crippen LogP contribution >= 0.6 is 0 Å². The first kappa shape index (κ1) is 12.7. The van der Waals surface area contributed by atoms with Gasteiger partial charge in [-0.2, -0.15) is 0 Å². The van der Waals surface area contributed by atoms with Crippen LogP contribution in [0.15, 0.2) is 66.9 Å². The van der Waals surface area contributed by atoms with Crippen molar-refractivity contribution in [2.45, 2.75) is 19.8 Å². The van der Waals surface area contributed by atoms with Crippen LogP contribution in [0.3, 0.4) is 0 Å². The van der Waals surface area contributed by atoms with Crippen LogP contribution in [0.4, 0.5) is 0 Å². The van der Waals surface area contributed by atoms with Gasteiger partial charge in [-0.05, 0) is 18.6 Å². The molecule has 3 rings (SSSR count). The van der Waals surface area contributed by atoms with E-state index in [4.69, 9.17) is 0 Å². The second kappa shape index (κ2) is 5.74. The third-order valence-electron chi connectivity index (χ3n) is 3.39. The van der Waals surface area contributed by atoms with Crippen LogP contribution in [-0.2, 0) is 6.42 Å². The lowest BCUT2D eigenvalue weighted by Crippen LogP contribution is -2.02. The van der Waals surface area contributed by atoms with Gasteiger partial charge in [-0.1, -0.05) is 61.9 Å². The number of aromatic nitrogens is 2. The second-order valence-electron chi connectivity index (χ2n) is 4.86. The summed E-state index contributed by atoms with van der Waals surface area (Å²) in [6.07, 6.45) is 4.15. The first-order valence-corrected chi connectivity index (χ1v) is 7.07. The second-order valence-corrected chi connectivity index (χ2v) is 4.86. The molecule has 0 unspecified atom stereocenters. The Morgan fingerprint density at radius 1 is 0.900 bits per heavy atom. The molecule has 2 nitrogen and oxygen atoms in total. The van der Waals surface area contributed by atoms with E-state index in [1.807, 2.05) is 18.3 Å². The molecule has 3 aromatic rings. The molecule has 0 spiro atoms. The zero-order valence-corrected chi connectivity index (χ0v) is 11.7. The Morgan fingerprint density at radius 3 is 2.20 bits per heavy atom. The molecular weight excluding hydrogens is 244 g/mol. The molecule has 2 aromatic carbocycles. The van der Waals surface area contributed by atoms with E-state index < -0.39 is 0 Å². The molecule has 0 aliphatic rings. The average molecular weight is 262 g/mol. The molecule has 0 saturated heterocycles. The molecule has 0 radical (unpaired) electrons. The van der Waals surface area contributed by atoms with Gasteiger partial charge in [-0.25, -0.2) is 4.98 Å². The largest absolute Gasteiger partial charge is 0.297 e. The molecule has 2 heteroatoms. The molecule has 0 aliphatic carbocycles. The van der Waals surface area contributed by atoms with E-state index in [2.05, 4.69) is 65.0 Å². The van der Waals surface area contributed by atoms with Crippen molar-refractivity contribution in [3.8, 4) is 17.1 Å². The zero-order valence-electron chi connectivity index (χ0n) is 11.7. The van der Waals surface area contributed by atoms with Gasteiger partial charge in [-0.15, -0.1) is 0 Å². The highest BCUT2D eigenvalue weighted by molar-refractivity contribution is 5.59. The third kappa shape index (κ3) is 2.37. The lowest BCUT2D eigenvalue weighted by atomic mass is 10.2. The van der Waals surface area contributed by atoms with Crippen molar-refractivity contribution in [1.82, 2.24) is 9.55 Å². The molecule has 0 saturated carbocycles. The van der Waals surface area contributed by atoms with Crippen LogP contribution in [0.25, 0.3) is 17.1 Å². The fourth-order valence-corrected chi connectivity index (χ4v) is 2.48. The number of aryl methyl sites for hydroxylation is 1. The minimum Gasteiger partial charge on any atom is -0.297 e. The quantitative estimate of drug-likeness (QED) is 0.677. The number of hydrogen-bond donors (Lipinski definition) is 0. The van der Waals surface area contributed by atoms with Gasteiger partial charge >= 0.3 is 0 Å². The molecule has 0 N–H and O–H groups in total. The van der Waals surface area contributed by atoms with Gasteiger partial charge in [-0.3, -0.25) is 4.57 Å². The maximum atomic E-state index is 4.64. The fourth-order valence-electron chi connectivity index (χ4n) is 2.48. The van der Waals surface area contributed by atoms with E-state index in [0.29, 0.717) is 0 Å². The Labute approximate surface area is 119 Å². The molecular formula is C18H18N2. The topological polar surface area (TPSA) is 17.8 Å². The minimum atomic E-state index is 1.01. The first-order valence-electron chi connectivity index (χ1n) is 7.07. The summed E-state index contributed by atoms with van der Waals surface area (Å²) < 4.78 is 2.26. The van der Waals surface area contributed by atoms with Gasteiger partial charge in [0, 0.05) is 23.1 Å². The normalized spacial score (nSPS) is 10.7. The van der Waals surface area contributed by atoms with Crippen molar-refractivity contribution in [2.24, 2.45) is 0 Å². The van der Waals surface area contributed by atoms with E-state index in [-0.39, 0.29) is 0 Å². The number of benzene rings is 2. The van der Waals surface area contributed by atoms with E-state index in [1.54, 1.807) is 0 Å². The lowest BCUT2D eigenvalue weighted by molar-refractivity contribution is 0.846. The van der Waals surface area contributed by atoms with E-state index >= 15 is 0 Å². The smallest absolute Gasteiger partial charge is 0.144 e. The maximum absolute atomic E-state index is 4.64. The number of rotatable bonds is 4. The van der Waals surface area contributed by atoms with E-state index in [0.717, 1.165) is 24.2 Å². The van der Waals surface area contributed by atoms with Crippen molar-refractivity contribution in [3.05, 3.63) is 72.6 Å². The SMILES string of the molecule is CCCc1cnc(-c2ccccc2)n1-c1ccccc1. The molecule has 1 aromatic heterocycles. The van der Waals surface area contributed by atoms with Crippen molar-refractivity contribution in [2.75, 3.05) is 0 Å². The summed E-state index contributed by atoms with van der Waals surface area (Å²) in [5.74, 6) is 1.01. The molecule has 1 heterocycles. The summed E-state index contributed by atoms with van der Waals surface area (Å²) in [4.78, 5) is 4.64. The standard InChI is InChI=1S/C18H18N2/c1-2-9-17-14-19-18(15-10-5-3-6-11-15)20(17)16-12-7-4-8-13-16/h3-8,10-14H,2,9H2,1H3. The van der Waals surface area contributed by atoms with Crippen LogP contribution in [0, 0.1) is 0 Å². The molecule has 100 valence electrons. The molecule has 20 heavy (non-hydrogen) atoms. The van der Waals surface area contributed by atoms with E-state index in [9.17, 15) is 0 Å². The maximum Gasteiger partial charge on any atom is 0.144 e. The van der Waals surface area contributed by atoms with Crippen molar-refractivity contribution in [1.29, 1.82) is 0 Å². The van der Waals surface area contributed by atoms with Gasteiger partial charge in [0.1, 0.15) is 5.82 Å². The predicted molar refractivity (Wildman–Crippen MR) is 83.0 cm³/mol. The summed E-state index contributed by atoms with van der Waals surface area (Å²) in [5.41, 5.74) is 3.59. The Hall–Kier alpha value is -2.35. The van der Waals surface area contributed by atoms with Crippen LogP contribution in [0.5, 0.6) is 0 Å². The zero-order chi connectivity index (χ0) is 13.8. The highest BCUT2D eigenvalue weighted by Gasteiger charge is 2.12. The molecule has 0 aliphatic heterocycles. The molecule has 0 amide bonds. The number of imidazole rings is 1. The average Bonchev–Trinajstić information content (AvgIpc) is 2.93. The summed E-state index contributed by atoms with van der Waals surface area (Å²) in [6, 6.07) is 20.8. The van der Waals surface area contributed by atoms with Gasteiger partial charge in [0.05, 0.1) is 0 Å². The third-order valence-corrected chi connectivity index (χ3v) is 3.39. The minimum absolute atomic E-state index is 1.01.